The molecule has 0 atom stereocenters. The Balaban J connectivity index is 1.42. The number of rotatable bonds is 5. The molecule has 3 fully saturated rings. The largest absolute Gasteiger partial charge is 0.378 e. The summed E-state index contributed by atoms with van der Waals surface area (Å²) in [6, 6.07) is 5.68. The van der Waals surface area contributed by atoms with Gasteiger partial charge in [0, 0.05) is 49.9 Å². The van der Waals surface area contributed by atoms with Crippen LogP contribution >= 0.6 is 0 Å². The van der Waals surface area contributed by atoms with Crippen molar-refractivity contribution < 1.29 is 14.5 Å². The van der Waals surface area contributed by atoms with Crippen LogP contribution in [0.3, 0.4) is 0 Å². The monoisotopic (exact) mass is 374 g/mol. The van der Waals surface area contributed by atoms with E-state index in [-0.39, 0.29) is 17.6 Å². The number of carbonyl (C=O) groups is 1. The molecule has 0 bridgehead atoms. The highest BCUT2D eigenvalue weighted by atomic mass is 16.6. The molecule has 2 saturated heterocycles. The number of nitro groups is 1. The molecule has 0 aromatic heterocycles. The standard InChI is InChI=1S/C19H26N4O4/c24-19(20-15-5-7-21(8-6-15)16-2-3-16)14-1-4-17(18(13-14)23(25)26)22-9-11-27-12-10-22/h1,4,13,15-16H,2-3,5-12H2,(H,20,24). The van der Waals surface area contributed by atoms with Crippen molar-refractivity contribution in [2.45, 2.75) is 37.8 Å². The summed E-state index contributed by atoms with van der Waals surface area (Å²) in [6.45, 7) is 4.38. The maximum atomic E-state index is 12.6. The van der Waals surface area contributed by atoms with Crippen molar-refractivity contribution in [3.63, 3.8) is 0 Å². The molecule has 8 nitrogen and oxygen atoms in total. The number of anilines is 1. The smallest absolute Gasteiger partial charge is 0.293 e. The molecule has 2 aliphatic heterocycles. The van der Waals surface area contributed by atoms with Crippen LogP contribution in [0.5, 0.6) is 0 Å². The summed E-state index contributed by atoms with van der Waals surface area (Å²) in [4.78, 5) is 28.2. The van der Waals surface area contributed by atoms with Crippen LogP contribution in [-0.2, 0) is 4.74 Å². The lowest BCUT2D eigenvalue weighted by Gasteiger charge is -2.32. The first-order valence-electron chi connectivity index (χ1n) is 9.78. The van der Waals surface area contributed by atoms with Gasteiger partial charge in [0.25, 0.3) is 11.6 Å². The van der Waals surface area contributed by atoms with Gasteiger partial charge in [0.15, 0.2) is 0 Å². The molecule has 2 heterocycles. The number of hydrogen-bond donors (Lipinski definition) is 1. The van der Waals surface area contributed by atoms with Gasteiger partial charge in [-0.25, -0.2) is 0 Å². The van der Waals surface area contributed by atoms with E-state index in [1.54, 1.807) is 12.1 Å². The predicted molar refractivity (Wildman–Crippen MR) is 101 cm³/mol. The SMILES string of the molecule is O=C(NC1CCN(C2CC2)CC1)c1ccc(N2CCOCC2)c([N+](=O)[O-])c1. The molecule has 1 saturated carbocycles. The minimum atomic E-state index is -0.407. The van der Waals surface area contributed by atoms with Crippen LogP contribution in [-0.4, -0.2) is 67.2 Å². The Labute approximate surface area is 158 Å². The maximum absolute atomic E-state index is 12.6. The van der Waals surface area contributed by atoms with Crippen molar-refractivity contribution in [1.29, 1.82) is 0 Å². The van der Waals surface area contributed by atoms with Crippen LogP contribution in [0.2, 0.25) is 0 Å². The van der Waals surface area contributed by atoms with Gasteiger partial charge >= 0.3 is 0 Å². The number of nitrogens with zero attached hydrogens (tertiary/aromatic N) is 3. The van der Waals surface area contributed by atoms with Gasteiger partial charge in [0.05, 0.1) is 18.1 Å². The second kappa shape index (κ2) is 7.82. The quantitative estimate of drug-likeness (QED) is 0.624. The minimum Gasteiger partial charge on any atom is -0.378 e. The Kier molecular flexibility index (Phi) is 5.27. The number of nitrogens with one attached hydrogen (secondary N) is 1. The first-order valence-corrected chi connectivity index (χ1v) is 9.78. The van der Waals surface area contributed by atoms with Gasteiger partial charge in [-0.15, -0.1) is 0 Å². The summed E-state index contributed by atoms with van der Waals surface area (Å²) in [5, 5.41) is 14.6. The summed E-state index contributed by atoms with van der Waals surface area (Å²) < 4.78 is 5.32. The molecule has 1 aliphatic carbocycles. The fourth-order valence-electron chi connectivity index (χ4n) is 4.00. The second-order valence-electron chi connectivity index (χ2n) is 7.57. The highest BCUT2D eigenvalue weighted by molar-refractivity contribution is 5.96. The van der Waals surface area contributed by atoms with Crippen LogP contribution in [0.4, 0.5) is 11.4 Å². The Morgan fingerprint density at radius 1 is 1.11 bits per heavy atom. The molecule has 0 spiro atoms. The fraction of sp³-hybridized carbons (Fsp3) is 0.632. The van der Waals surface area contributed by atoms with E-state index < -0.39 is 4.92 Å². The van der Waals surface area contributed by atoms with Gasteiger partial charge in [0.1, 0.15) is 5.69 Å². The lowest BCUT2D eigenvalue weighted by Crippen LogP contribution is -2.45. The number of ether oxygens (including phenoxy) is 1. The number of hydrogen-bond acceptors (Lipinski definition) is 6. The topological polar surface area (TPSA) is 88.0 Å². The normalized spacial score (nSPS) is 21.9. The molecule has 0 radical (unpaired) electrons. The average molecular weight is 374 g/mol. The van der Waals surface area contributed by atoms with Gasteiger partial charge in [-0.3, -0.25) is 14.9 Å². The average Bonchev–Trinajstić information content (AvgIpc) is 3.54. The summed E-state index contributed by atoms with van der Waals surface area (Å²) in [5.74, 6) is -0.225. The zero-order chi connectivity index (χ0) is 18.8. The van der Waals surface area contributed by atoms with Crippen LogP contribution in [0, 0.1) is 10.1 Å². The van der Waals surface area contributed by atoms with Crippen molar-refractivity contribution in [3.8, 4) is 0 Å². The number of carbonyl (C=O) groups excluding carboxylic acids is 1. The third-order valence-electron chi connectivity index (χ3n) is 5.71. The Morgan fingerprint density at radius 3 is 2.44 bits per heavy atom. The molecular formula is C19H26N4O4. The Morgan fingerprint density at radius 2 is 1.81 bits per heavy atom. The molecule has 1 amide bonds. The van der Waals surface area contributed by atoms with E-state index in [1.807, 2.05) is 4.90 Å². The number of amides is 1. The van der Waals surface area contributed by atoms with Crippen molar-refractivity contribution >= 4 is 17.3 Å². The number of piperidine rings is 1. The molecule has 27 heavy (non-hydrogen) atoms. The first kappa shape index (κ1) is 18.2. The molecule has 0 unspecified atom stereocenters. The molecular weight excluding hydrogens is 348 g/mol. The number of nitro benzene ring substituents is 1. The molecule has 8 heteroatoms. The van der Waals surface area contributed by atoms with E-state index in [2.05, 4.69) is 10.2 Å². The second-order valence-corrected chi connectivity index (χ2v) is 7.57. The Bertz CT molecular complexity index is 708. The molecule has 4 rings (SSSR count). The minimum absolute atomic E-state index is 0.0203. The van der Waals surface area contributed by atoms with E-state index in [9.17, 15) is 14.9 Å². The first-order chi connectivity index (χ1) is 13.1. The maximum Gasteiger partial charge on any atom is 0.293 e. The predicted octanol–water partition coefficient (Wildman–Crippen LogP) is 1.79. The number of morpholine rings is 1. The van der Waals surface area contributed by atoms with E-state index in [1.165, 1.54) is 18.9 Å². The van der Waals surface area contributed by atoms with Gasteiger partial charge in [-0.05, 0) is 37.8 Å². The number of benzene rings is 1. The highest BCUT2D eigenvalue weighted by Gasteiger charge is 2.32. The van der Waals surface area contributed by atoms with Crippen LogP contribution in [0.25, 0.3) is 0 Å². The van der Waals surface area contributed by atoms with Gasteiger partial charge in [-0.2, -0.15) is 0 Å². The molecule has 1 N–H and O–H groups in total. The molecule has 1 aromatic carbocycles. The van der Waals surface area contributed by atoms with Crippen molar-refractivity contribution in [2.75, 3.05) is 44.3 Å². The third-order valence-corrected chi connectivity index (χ3v) is 5.71. The summed E-state index contributed by atoms with van der Waals surface area (Å²) in [5.41, 5.74) is 0.883. The zero-order valence-electron chi connectivity index (χ0n) is 15.4. The van der Waals surface area contributed by atoms with Gasteiger partial charge in [0.2, 0.25) is 0 Å². The van der Waals surface area contributed by atoms with Crippen LogP contribution in [0.15, 0.2) is 18.2 Å². The third kappa shape index (κ3) is 4.22. The number of likely N-dealkylation sites (tertiary alicyclic amines) is 1. The molecule has 146 valence electrons. The lowest BCUT2D eigenvalue weighted by molar-refractivity contribution is -0.384. The van der Waals surface area contributed by atoms with Gasteiger partial charge in [-0.1, -0.05) is 0 Å². The van der Waals surface area contributed by atoms with Crippen molar-refractivity contribution in [1.82, 2.24) is 10.2 Å². The highest BCUT2D eigenvalue weighted by Crippen LogP contribution is 2.31. The molecule has 1 aromatic rings. The van der Waals surface area contributed by atoms with E-state index in [4.69, 9.17) is 4.74 Å². The zero-order valence-corrected chi connectivity index (χ0v) is 15.4. The lowest BCUT2D eigenvalue weighted by atomic mass is 10.0. The van der Waals surface area contributed by atoms with Crippen LogP contribution in [0.1, 0.15) is 36.0 Å². The van der Waals surface area contributed by atoms with E-state index in [0.29, 0.717) is 37.6 Å². The van der Waals surface area contributed by atoms with Gasteiger partial charge < -0.3 is 19.9 Å². The van der Waals surface area contributed by atoms with Crippen molar-refractivity contribution in [2.24, 2.45) is 0 Å². The summed E-state index contributed by atoms with van der Waals surface area (Å²) in [7, 11) is 0. The molecule has 3 aliphatic rings. The Hall–Kier alpha value is -2.19. The van der Waals surface area contributed by atoms with E-state index >= 15 is 0 Å². The van der Waals surface area contributed by atoms with Crippen molar-refractivity contribution in [3.05, 3.63) is 33.9 Å². The fourth-order valence-corrected chi connectivity index (χ4v) is 4.00. The van der Waals surface area contributed by atoms with Crippen LogP contribution < -0.4 is 10.2 Å². The summed E-state index contributed by atoms with van der Waals surface area (Å²) >= 11 is 0. The summed E-state index contributed by atoms with van der Waals surface area (Å²) in [6.07, 6.45) is 4.48. The van der Waals surface area contributed by atoms with E-state index in [0.717, 1.165) is 32.0 Å².